The molecule has 0 atom stereocenters. The van der Waals surface area contributed by atoms with E-state index in [0.29, 0.717) is 30.2 Å². The van der Waals surface area contributed by atoms with Crippen molar-refractivity contribution < 1.29 is 19.1 Å². The molecule has 0 spiro atoms. The summed E-state index contributed by atoms with van der Waals surface area (Å²) in [5.41, 5.74) is 0.566. The van der Waals surface area contributed by atoms with Gasteiger partial charge in [-0.15, -0.1) is 0 Å². The smallest absolute Gasteiger partial charge is 0.277 e. The van der Waals surface area contributed by atoms with E-state index >= 15 is 0 Å². The summed E-state index contributed by atoms with van der Waals surface area (Å²) in [6, 6.07) is 5.18. The van der Waals surface area contributed by atoms with Crippen molar-refractivity contribution in [3.63, 3.8) is 0 Å². The average Bonchev–Trinajstić information content (AvgIpc) is 2.86. The molecule has 0 unspecified atom stereocenters. The number of benzene rings is 1. The SMILES string of the molecule is O=C(c1ccc2c(c1)OCO2)N1CCCCO1. The number of hydroxylamine groups is 2. The molecular weight excluding hydrogens is 222 g/mol. The molecule has 2 aliphatic rings. The van der Waals surface area contributed by atoms with Crippen LogP contribution in [-0.2, 0) is 4.84 Å². The standard InChI is InChI=1S/C12H13NO4/c14-12(13-5-1-2-6-17-13)9-3-4-10-11(7-9)16-8-15-10/h3-4,7H,1-2,5-6,8H2. The number of nitrogens with zero attached hydrogens (tertiary/aromatic N) is 1. The second-order valence-corrected chi connectivity index (χ2v) is 4.02. The van der Waals surface area contributed by atoms with Gasteiger partial charge in [-0.25, -0.2) is 5.06 Å². The summed E-state index contributed by atoms with van der Waals surface area (Å²) in [5.74, 6) is 1.18. The first-order chi connectivity index (χ1) is 8.34. The maximum atomic E-state index is 12.1. The molecule has 1 aromatic rings. The summed E-state index contributed by atoms with van der Waals surface area (Å²) in [7, 11) is 0. The van der Waals surface area contributed by atoms with Crippen LogP contribution < -0.4 is 9.47 Å². The van der Waals surface area contributed by atoms with Gasteiger partial charge in [0.2, 0.25) is 6.79 Å². The molecule has 0 radical (unpaired) electrons. The molecule has 1 amide bonds. The maximum Gasteiger partial charge on any atom is 0.277 e. The van der Waals surface area contributed by atoms with E-state index in [0.717, 1.165) is 12.8 Å². The van der Waals surface area contributed by atoms with E-state index in [-0.39, 0.29) is 12.7 Å². The summed E-state index contributed by atoms with van der Waals surface area (Å²) in [5, 5.41) is 1.42. The first kappa shape index (κ1) is 10.4. The summed E-state index contributed by atoms with van der Waals surface area (Å²) < 4.78 is 10.4. The van der Waals surface area contributed by atoms with Gasteiger partial charge < -0.3 is 9.47 Å². The van der Waals surface area contributed by atoms with Gasteiger partial charge in [0.25, 0.3) is 5.91 Å². The van der Waals surface area contributed by atoms with Crippen molar-refractivity contribution >= 4 is 5.91 Å². The van der Waals surface area contributed by atoms with Crippen LogP contribution in [0.15, 0.2) is 18.2 Å². The van der Waals surface area contributed by atoms with Crippen LogP contribution in [0.1, 0.15) is 23.2 Å². The quantitative estimate of drug-likeness (QED) is 0.741. The molecule has 1 saturated heterocycles. The fraction of sp³-hybridized carbons (Fsp3) is 0.417. The lowest BCUT2D eigenvalue weighted by Crippen LogP contribution is -2.35. The Balaban J connectivity index is 1.81. The van der Waals surface area contributed by atoms with Crippen molar-refractivity contribution in [2.24, 2.45) is 0 Å². The highest BCUT2D eigenvalue weighted by Gasteiger charge is 2.22. The van der Waals surface area contributed by atoms with Crippen LogP contribution in [0.3, 0.4) is 0 Å². The third-order valence-electron chi connectivity index (χ3n) is 2.85. The number of hydrogen-bond acceptors (Lipinski definition) is 4. The van der Waals surface area contributed by atoms with Crippen LogP contribution in [0.25, 0.3) is 0 Å². The van der Waals surface area contributed by atoms with Gasteiger partial charge in [0, 0.05) is 12.1 Å². The second kappa shape index (κ2) is 4.25. The molecule has 5 heteroatoms. The summed E-state index contributed by atoms with van der Waals surface area (Å²) in [4.78, 5) is 17.4. The lowest BCUT2D eigenvalue weighted by atomic mass is 10.2. The molecule has 2 heterocycles. The van der Waals surface area contributed by atoms with E-state index in [9.17, 15) is 4.79 Å². The lowest BCUT2D eigenvalue weighted by Gasteiger charge is -2.25. The number of amides is 1. The van der Waals surface area contributed by atoms with Crippen LogP contribution in [0.4, 0.5) is 0 Å². The highest BCUT2D eigenvalue weighted by atomic mass is 16.7. The number of carbonyl (C=O) groups is 1. The molecule has 1 fully saturated rings. The largest absolute Gasteiger partial charge is 0.454 e. The molecule has 5 nitrogen and oxygen atoms in total. The van der Waals surface area contributed by atoms with E-state index < -0.39 is 0 Å². The van der Waals surface area contributed by atoms with Gasteiger partial charge >= 0.3 is 0 Å². The number of fused-ring (bicyclic) bond motifs is 1. The zero-order valence-electron chi connectivity index (χ0n) is 9.35. The van der Waals surface area contributed by atoms with Crippen LogP contribution in [0.5, 0.6) is 11.5 Å². The third kappa shape index (κ3) is 1.93. The minimum absolute atomic E-state index is 0.122. The van der Waals surface area contributed by atoms with E-state index in [4.69, 9.17) is 14.3 Å². The summed E-state index contributed by atoms with van der Waals surface area (Å²) in [6.07, 6.45) is 1.99. The monoisotopic (exact) mass is 235 g/mol. The molecule has 1 aromatic carbocycles. The topological polar surface area (TPSA) is 48.0 Å². The van der Waals surface area contributed by atoms with Crippen molar-refractivity contribution in [3.05, 3.63) is 23.8 Å². The normalized spacial score (nSPS) is 18.2. The van der Waals surface area contributed by atoms with E-state index in [2.05, 4.69) is 0 Å². The van der Waals surface area contributed by atoms with Crippen LogP contribution >= 0.6 is 0 Å². The predicted octanol–water partition coefficient (Wildman–Crippen LogP) is 1.58. The third-order valence-corrected chi connectivity index (χ3v) is 2.85. The average molecular weight is 235 g/mol. The van der Waals surface area contributed by atoms with Gasteiger partial charge in [-0.05, 0) is 31.0 Å². The highest BCUT2D eigenvalue weighted by molar-refractivity contribution is 5.94. The first-order valence-corrected chi connectivity index (χ1v) is 5.69. The van der Waals surface area contributed by atoms with Gasteiger partial charge in [-0.1, -0.05) is 0 Å². The van der Waals surface area contributed by atoms with Crippen molar-refractivity contribution in [2.75, 3.05) is 19.9 Å². The van der Waals surface area contributed by atoms with Gasteiger partial charge in [-0.2, -0.15) is 0 Å². The van der Waals surface area contributed by atoms with E-state index in [1.165, 1.54) is 5.06 Å². The molecule has 0 N–H and O–H groups in total. The molecule has 0 aliphatic carbocycles. The Kier molecular flexibility index (Phi) is 2.60. The Morgan fingerprint density at radius 3 is 2.88 bits per heavy atom. The summed E-state index contributed by atoms with van der Waals surface area (Å²) >= 11 is 0. The van der Waals surface area contributed by atoms with Crippen LogP contribution in [0.2, 0.25) is 0 Å². The maximum absolute atomic E-state index is 12.1. The second-order valence-electron chi connectivity index (χ2n) is 4.02. The molecular formula is C12H13NO4. The van der Waals surface area contributed by atoms with Gasteiger partial charge in [-0.3, -0.25) is 9.63 Å². The molecule has 90 valence electrons. The number of carbonyl (C=O) groups excluding carboxylic acids is 1. The fourth-order valence-corrected chi connectivity index (χ4v) is 1.93. The molecule has 2 aliphatic heterocycles. The van der Waals surface area contributed by atoms with Crippen LogP contribution in [-0.4, -0.2) is 30.9 Å². The van der Waals surface area contributed by atoms with Crippen molar-refractivity contribution in [2.45, 2.75) is 12.8 Å². The lowest BCUT2D eigenvalue weighted by molar-refractivity contribution is -0.144. The zero-order valence-corrected chi connectivity index (χ0v) is 9.35. The number of rotatable bonds is 1. The van der Waals surface area contributed by atoms with Gasteiger partial charge in [0.1, 0.15) is 0 Å². The molecule has 0 bridgehead atoms. The zero-order chi connectivity index (χ0) is 11.7. The van der Waals surface area contributed by atoms with Gasteiger partial charge in [0.15, 0.2) is 11.5 Å². The Bertz CT molecular complexity index is 440. The summed E-state index contributed by atoms with van der Waals surface area (Å²) in [6.45, 7) is 1.47. The predicted molar refractivity (Wildman–Crippen MR) is 58.8 cm³/mol. The molecule has 3 rings (SSSR count). The fourth-order valence-electron chi connectivity index (χ4n) is 1.93. The Labute approximate surface area is 98.8 Å². The van der Waals surface area contributed by atoms with Crippen molar-refractivity contribution in [1.82, 2.24) is 5.06 Å². The van der Waals surface area contributed by atoms with Crippen molar-refractivity contribution in [1.29, 1.82) is 0 Å². The number of ether oxygens (including phenoxy) is 2. The Hall–Kier alpha value is -1.75. The Morgan fingerprint density at radius 2 is 2.06 bits per heavy atom. The van der Waals surface area contributed by atoms with E-state index in [1.54, 1.807) is 18.2 Å². The molecule has 0 saturated carbocycles. The van der Waals surface area contributed by atoms with E-state index in [1.807, 2.05) is 0 Å². The highest BCUT2D eigenvalue weighted by Crippen LogP contribution is 2.32. The van der Waals surface area contributed by atoms with Crippen molar-refractivity contribution in [3.8, 4) is 11.5 Å². The minimum Gasteiger partial charge on any atom is -0.454 e. The molecule has 17 heavy (non-hydrogen) atoms. The van der Waals surface area contributed by atoms with Crippen LogP contribution in [0, 0.1) is 0 Å². The van der Waals surface area contributed by atoms with Gasteiger partial charge in [0.05, 0.1) is 6.61 Å². The minimum atomic E-state index is -0.122. The first-order valence-electron chi connectivity index (χ1n) is 5.69. The Morgan fingerprint density at radius 1 is 1.18 bits per heavy atom. The number of hydrogen-bond donors (Lipinski definition) is 0. The molecule has 0 aromatic heterocycles.